The fourth-order valence-corrected chi connectivity index (χ4v) is 2.87. The predicted octanol–water partition coefficient (Wildman–Crippen LogP) is 4.58. The minimum Gasteiger partial charge on any atom is -0.457 e. The molecule has 1 atom stereocenters. The van der Waals surface area contributed by atoms with Crippen LogP contribution < -0.4 is 4.74 Å². The highest BCUT2D eigenvalue weighted by molar-refractivity contribution is 5.84. The van der Waals surface area contributed by atoms with Crippen LogP contribution in [0.1, 0.15) is 11.3 Å². The van der Waals surface area contributed by atoms with Gasteiger partial charge in [-0.3, -0.25) is 9.78 Å². The lowest BCUT2D eigenvalue weighted by molar-refractivity contribution is -0.137. The smallest absolute Gasteiger partial charge is 0.407 e. The fraction of sp³-hybridized carbons (Fsp3) is 0.174. The molecule has 1 unspecified atom stereocenters. The predicted molar refractivity (Wildman–Crippen MR) is 109 cm³/mol. The number of aromatic nitrogens is 1. The SMILES string of the molecule is [C-]#[N+]c1ccc(Oc2ccc(-c3cccc(CC(=O)C(O)CO)n3)cc2)cc1C(F)(F)F. The van der Waals surface area contributed by atoms with Gasteiger partial charge in [0.25, 0.3) is 0 Å². The maximum absolute atomic E-state index is 13.1. The Balaban J connectivity index is 1.77. The Bertz CT molecular complexity index is 1160. The molecule has 0 saturated carbocycles. The summed E-state index contributed by atoms with van der Waals surface area (Å²) in [7, 11) is 0. The van der Waals surface area contributed by atoms with Gasteiger partial charge in [0, 0.05) is 11.3 Å². The zero-order valence-electron chi connectivity index (χ0n) is 16.5. The van der Waals surface area contributed by atoms with Crippen molar-refractivity contribution in [2.45, 2.75) is 18.7 Å². The number of rotatable bonds is 7. The number of carbonyl (C=O) groups is 1. The molecule has 3 aromatic rings. The van der Waals surface area contributed by atoms with Crippen LogP contribution in [0, 0.1) is 6.57 Å². The van der Waals surface area contributed by atoms with Gasteiger partial charge >= 0.3 is 6.18 Å². The molecule has 164 valence electrons. The Morgan fingerprint density at radius 2 is 1.78 bits per heavy atom. The summed E-state index contributed by atoms with van der Waals surface area (Å²) >= 11 is 0. The number of alkyl halides is 3. The molecule has 0 saturated heterocycles. The quantitative estimate of drug-likeness (QED) is 0.524. The van der Waals surface area contributed by atoms with Gasteiger partial charge in [0.05, 0.1) is 30.9 Å². The van der Waals surface area contributed by atoms with Gasteiger partial charge in [-0.15, -0.1) is 0 Å². The van der Waals surface area contributed by atoms with E-state index in [9.17, 15) is 23.1 Å². The molecular formula is C23H17F3N2O4. The number of hydrogen-bond acceptors (Lipinski definition) is 5. The molecule has 0 fully saturated rings. The first-order valence-corrected chi connectivity index (χ1v) is 9.36. The second kappa shape index (κ2) is 9.60. The molecule has 0 bridgehead atoms. The lowest BCUT2D eigenvalue weighted by Crippen LogP contribution is -2.26. The number of benzene rings is 2. The average Bonchev–Trinajstić information content (AvgIpc) is 2.78. The summed E-state index contributed by atoms with van der Waals surface area (Å²) in [6.45, 7) is 6.22. The first-order valence-electron chi connectivity index (χ1n) is 9.36. The number of aliphatic hydroxyl groups is 2. The highest BCUT2D eigenvalue weighted by atomic mass is 19.4. The molecule has 3 rings (SSSR count). The lowest BCUT2D eigenvalue weighted by atomic mass is 10.1. The Kier molecular flexibility index (Phi) is 6.88. The monoisotopic (exact) mass is 442 g/mol. The summed E-state index contributed by atoms with van der Waals surface area (Å²) in [4.78, 5) is 19.0. The lowest BCUT2D eigenvalue weighted by Gasteiger charge is -2.12. The van der Waals surface area contributed by atoms with Gasteiger partial charge in [-0.25, -0.2) is 4.85 Å². The van der Waals surface area contributed by atoms with E-state index in [4.69, 9.17) is 16.4 Å². The van der Waals surface area contributed by atoms with Crippen LogP contribution in [0.25, 0.3) is 16.1 Å². The molecule has 6 nitrogen and oxygen atoms in total. The number of aliphatic hydroxyl groups excluding tert-OH is 2. The third-order valence-electron chi connectivity index (χ3n) is 4.49. The standard InChI is InChI=1S/C23H17F3N2O4/c1-27-20-10-9-17(12-18(20)23(24,25)26)32-16-7-5-14(6-8-16)19-4-2-3-15(28-19)11-21(30)22(31)13-29/h2-10,12,22,29,31H,11,13H2. The van der Waals surface area contributed by atoms with Crippen molar-refractivity contribution in [2.24, 2.45) is 0 Å². The van der Waals surface area contributed by atoms with Crippen LogP contribution in [0.3, 0.4) is 0 Å². The van der Waals surface area contributed by atoms with Crippen molar-refractivity contribution >= 4 is 11.5 Å². The van der Waals surface area contributed by atoms with Crippen LogP contribution in [0.15, 0.2) is 60.7 Å². The van der Waals surface area contributed by atoms with Gasteiger partial charge in [0.1, 0.15) is 17.6 Å². The van der Waals surface area contributed by atoms with Crippen LogP contribution >= 0.6 is 0 Å². The summed E-state index contributed by atoms with van der Waals surface area (Å²) in [5.41, 5.74) is 0.0642. The van der Waals surface area contributed by atoms with Crippen molar-refractivity contribution in [3.05, 3.63) is 83.3 Å². The van der Waals surface area contributed by atoms with E-state index in [2.05, 4.69) is 9.83 Å². The van der Waals surface area contributed by atoms with E-state index < -0.39 is 35.9 Å². The second-order valence-corrected chi connectivity index (χ2v) is 6.77. The van der Waals surface area contributed by atoms with Crippen LogP contribution in [-0.2, 0) is 17.4 Å². The molecule has 1 heterocycles. The molecule has 1 aromatic heterocycles. The van der Waals surface area contributed by atoms with Crippen molar-refractivity contribution in [1.82, 2.24) is 4.98 Å². The largest absolute Gasteiger partial charge is 0.457 e. The Hall–Kier alpha value is -3.74. The van der Waals surface area contributed by atoms with E-state index in [1.54, 1.807) is 42.5 Å². The topological polar surface area (TPSA) is 84.0 Å². The number of ketones is 1. The first-order chi connectivity index (χ1) is 15.2. The summed E-state index contributed by atoms with van der Waals surface area (Å²) in [6.07, 6.45) is -6.27. The number of carbonyl (C=O) groups excluding carboxylic acids is 1. The average molecular weight is 442 g/mol. The molecule has 0 spiro atoms. The third-order valence-corrected chi connectivity index (χ3v) is 4.49. The number of halogens is 3. The second-order valence-electron chi connectivity index (χ2n) is 6.77. The van der Waals surface area contributed by atoms with Gasteiger partial charge < -0.3 is 14.9 Å². The molecular weight excluding hydrogens is 425 g/mol. The van der Waals surface area contributed by atoms with E-state index >= 15 is 0 Å². The van der Waals surface area contributed by atoms with Crippen molar-refractivity contribution in [1.29, 1.82) is 0 Å². The Morgan fingerprint density at radius 1 is 1.09 bits per heavy atom. The zero-order valence-corrected chi connectivity index (χ0v) is 16.5. The molecule has 9 heteroatoms. The molecule has 0 aliphatic rings. The van der Waals surface area contributed by atoms with Crippen molar-refractivity contribution in [3.8, 4) is 22.8 Å². The summed E-state index contributed by atoms with van der Waals surface area (Å²) < 4.78 is 44.9. The molecule has 0 radical (unpaired) electrons. The van der Waals surface area contributed by atoms with E-state index in [-0.39, 0.29) is 17.9 Å². The molecule has 32 heavy (non-hydrogen) atoms. The van der Waals surface area contributed by atoms with Crippen molar-refractivity contribution in [2.75, 3.05) is 6.61 Å². The molecule has 0 aliphatic carbocycles. The van der Waals surface area contributed by atoms with E-state index in [0.717, 1.165) is 12.1 Å². The van der Waals surface area contributed by atoms with Crippen LogP contribution in [0.5, 0.6) is 11.5 Å². The van der Waals surface area contributed by atoms with Crippen LogP contribution in [-0.4, -0.2) is 33.7 Å². The number of hydrogen-bond donors (Lipinski definition) is 2. The molecule has 0 aliphatic heterocycles. The van der Waals surface area contributed by atoms with Crippen LogP contribution in [0.4, 0.5) is 18.9 Å². The fourth-order valence-electron chi connectivity index (χ4n) is 2.87. The van der Waals surface area contributed by atoms with E-state index in [0.29, 0.717) is 17.0 Å². The first kappa shape index (κ1) is 22.9. The maximum atomic E-state index is 13.1. The Morgan fingerprint density at radius 3 is 2.41 bits per heavy atom. The molecule has 0 amide bonds. The number of Topliss-reactive ketones (excluding diaryl/α,β-unsaturated/α-hetero) is 1. The number of ether oxygens (including phenoxy) is 1. The highest BCUT2D eigenvalue weighted by Gasteiger charge is 2.33. The van der Waals surface area contributed by atoms with E-state index in [1.807, 2.05) is 0 Å². The van der Waals surface area contributed by atoms with Crippen molar-refractivity contribution < 1.29 is 32.9 Å². The minimum atomic E-state index is -4.67. The Labute approximate surface area is 181 Å². The maximum Gasteiger partial charge on any atom is 0.407 e. The van der Waals surface area contributed by atoms with Gasteiger partial charge in [-0.2, -0.15) is 13.2 Å². The molecule has 2 N–H and O–H groups in total. The summed E-state index contributed by atoms with van der Waals surface area (Å²) in [5.74, 6) is -0.322. The number of nitrogens with zero attached hydrogens (tertiary/aromatic N) is 2. The van der Waals surface area contributed by atoms with Gasteiger partial charge in [0.15, 0.2) is 11.5 Å². The zero-order chi connectivity index (χ0) is 23.3. The van der Waals surface area contributed by atoms with Gasteiger partial charge in [-0.05, 0) is 48.5 Å². The third kappa shape index (κ3) is 5.49. The minimum absolute atomic E-state index is 0.0569. The highest BCUT2D eigenvalue weighted by Crippen LogP contribution is 2.39. The van der Waals surface area contributed by atoms with E-state index in [1.165, 1.54) is 6.07 Å². The summed E-state index contributed by atoms with van der Waals surface area (Å²) in [5, 5.41) is 18.3. The van der Waals surface area contributed by atoms with Crippen LogP contribution in [0.2, 0.25) is 0 Å². The normalized spacial score (nSPS) is 12.1. The number of pyridine rings is 1. The van der Waals surface area contributed by atoms with Gasteiger partial charge in [0.2, 0.25) is 0 Å². The summed E-state index contributed by atoms with van der Waals surface area (Å²) in [6, 6.07) is 14.6. The van der Waals surface area contributed by atoms with Gasteiger partial charge in [-0.1, -0.05) is 12.1 Å². The van der Waals surface area contributed by atoms with Crippen molar-refractivity contribution in [3.63, 3.8) is 0 Å². The molecule has 2 aromatic carbocycles.